The number of para-hydroxylation sites is 1. The normalized spacial score (nSPS) is 12.2. The molecule has 0 heterocycles. The molecule has 0 amide bonds. The molecule has 1 aromatic rings. The molecule has 4 heteroatoms. The van der Waals surface area contributed by atoms with Crippen LogP contribution in [0.25, 0.3) is 0 Å². The highest BCUT2D eigenvalue weighted by Crippen LogP contribution is 2.15. The molecule has 4 nitrogen and oxygen atoms in total. The largest absolute Gasteiger partial charge is 0.507 e. The summed E-state index contributed by atoms with van der Waals surface area (Å²) < 4.78 is 0. The van der Waals surface area contributed by atoms with Gasteiger partial charge in [-0.2, -0.15) is 0 Å². The van der Waals surface area contributed by atoms with Crippen molar-refractivity contribution in [3.63, 3.8) is 0 Å². The predicted molar refractivity (Wildman–Crippen MR) is 58.3 cm³/mol. The van der Waals surface area contributed by atoms with Gasteiger partial charge in [0.05, 0.1) is 13.2 Å². The Morgan fingerprint density at radius 3 is 2.40 bits per heavy atom. The monoisotopic (exact) mass is 209 g/mol. The molecule has 15 heavy (non-hydrogen) atoms. The van der Waals surface area contributed by atoms with Crippen molar-refractivity contribution in [3.05, 3.63) is 29.8 Å². The number of nitrogens with zero attached hydrogens (tertiary/aromatic N) is 1. The highest BCUT2D eigenvalue weighted by Gasteiger charge is 2.19. The maximum atomic E-state index is 9.44. The SMILES string of the molecule is CC(CO)(CO)N=Cc1ccccc1O. The van der Waals surface area contributed by atoms with Crippen molar-refractivity contribution in [1.82, 2.24) is 0 Å². The standard InChI is InChI=1S/C11H15NO3/c1-11(7-13,8-14)12-6-9-4-2-3-5-10(9)15/h2-6,13-15H,7-8H2,1H3. The second-order valence-electron chi connectivity index (χ2n) is 3.63. The van der Waals surface area contributed by atoms with E-state index < -0.39 is 5.54 Å². The highest BCUT2D eigenvalue weighted by molar-refractivity contribution is 5.83. The number of hydrogen-bond donors (Lipinski definition) is 3. The molecule has 0 aliphatic heterocycles. The third-order valence-corrected chi connectivity index (χ3v) is 2.13. The van der Waals surface area contributed by atoms with Gasteiger partial charge in [-0.1, -0.05) is 12.1 Å². The lowest BCUT2D eigenvalue weighted by Gasteiger charge is -2.18. The van der Waals surface area contributed by atoms with Crippen LogP contribution in [-0.2, 0) is 0 Å². The average molecular weight is 209 g/mol. The summed E-state index contributed by atoms with van der Waals surface area (Å²) in [5.74, 6) is 0.125. The van der Waals surface area contributed by atoms with Crippen molar-refractivity contribution in [2.45, 2.75) is 12.5 Å². The molecule has 3 N–H and O–H groups in total. The Kier molecular flexibility index (Phi) is 3.82. The number of hydrogen-bond acceptors (Lipinski definition) is 4. The topological polar surface area (TPSA) is 73.0 Å². The Bertz CT molecular complexity index is 345. The fourth-order valence-corrected chi connectivity index (χ4v) is 0.954. The Labute approximate surface area is 88.5 Å². The fourth-order valence-electron chi connectivity index (χ4n) is 0.954. The van der Waals surface area contributed by atoms with Gasteiger partial charge in [0.25, 0.3) is 0 Å². The van der Waals surface area contributed by atoms with Crippen LogP contribution >= 0.6 is 0 Å². The second kappa shape index (κ2) is 4.91. The van der Waals surface area contributed by atoms with Crippen LogP contribution in [0, 0.1) is 0 Å². The van der Waals surface area contributed by atoms with Gasteiger partial charge >= 0.3 is 0 Å². The maximum Gasteiger partial charge on any atom is 0.124 e. The van der Waals surface area contributed by atoms with Crippen molar-refractivity contribution < 1.29 is 15.3 Å². The Morgan fingerprint density at radius 1 is 1.27 bits per heavy atom. The van der Waals surface area contributed by atoms with Gasteiger partial charge < -0.3 is 15.3 Å². The Morgan fingerprint density at radius 2 is 1.87 bits per heavy atom. The summed E-state index contributed by atoms with van der Waals surface area (Å²) in [5.41, 5.74) is -0.340. The summed E-state index contributed by atoms with van der Waals surface area (Å²) in [4.78, 5) is 4.04. The van der Waals surface area contributed by atoms with Crippen molar-refractivity contribution in [1.29, 1.82) is 0 Å². The number of benzene rings is 1. The molecule has 0 unspecified atom stereocenters. The van der Waals surface area contributed by atoms with Gasteiger partial charge in [-0.05, 0) is 19.1 Å². The van der Waals surface area contributed by atoms with E-state index in [2.05, 4.69) is 4.99 Å². The molecule has 0 spiro atoms. The molecular weight excluding hydrogens is 194 g/mol. The number of aliphatic imine (C=N–C) groups is 1. The van der Waals surface area contributed by atoms with Crippen LogP contribution in [-0.4, -0.2) is 40.3 Å². The van der Waals surface area contributed by atoms with E-state index in [1.54, 1.807) is 31.2 Å². The van der Waals surface area contributed by atoms with E-state index >= 15 is 0 Å². The van der Waals surface area contributed by atoms with E-state index in [0.717, 1.165) is 0 Å². The number of rotatable bonds is 4. The second-order valence-corrected chi connectivity index (χ2v) is 3.63. The molecule has 0 aromatic heterocycles. The third-order valence-electron chi connectivity index (χ3n) is 2.13. The van der Waals surface area contributed by atoms with Gasteiger partial charge in [0.15, 0.2) is 0 Å². The summed E-state index contributed by atoms with van der Waals surface area (Å²) in [6, 6.07) is 6.74. The van der Waals surface area contributed by atoms with Crippen molar-refractivity contribution in [2.24, 2.45) is 4.99 Å². The van der Waals surface area contributed by atoms with Crippen LogP contribution in [0.1, 0.15) is 12.5 Å². The Balaban J connectivity index is 2.86. The van der Waals surface area contributed by atoms with Gasteiger partial charge in [0.1, 0.15) is 11.3 Å². The number of aliphatic hydroxyl groups is 2. The molecule has 0 saturated carbocycles. The molecule has 0 aliphatic carbocycles. The first-order valence-corrected chi connectivity index (χ1v) is 4.66. The molecule has 1 aromatic carbocycles. The first kappa shape index (κ1) is 11.7. The minimum atomic E-state index is -0.901. The number of phenols is 1. The lowest BCUT2D eigenvalue weighted by Crippen LogP contribution is -2.31. The number of aliphatic hydroxyl groups excluding tert-OH is 2. The zero-order valence-electron chi connectivity index (χ0n) is 8.59. The van der Waals surface area contributed by atoms with Crippen LogP contribution in [0.4, 0.5) is 0 Å². The molecule has 0 aliphatic rings. The van der Waals surface area contributed by atoms with E-state index in [4.69, 9.17) is 10.2 Å². The quantitative estimate of drug-likeness (QED) is 0.634. The van der Waals surface area contributed by atoms with Crippen LogP contribution in [0.2, 0.25) is 0 Å². The number of phenolic OH excluding ortho intramolecular Hbond substituents is 1. The molecule has 0 atom stereocenters. The average Bonchev–Trinajstić information content (AvgIpc) is 2.28. The molecule has 0 radical (unpaired) electrons. The fraction of sp³-hybridized carbons (Fsp3) is 0.364. The molecule has 0 saturated heterocycles. The summed E-state index contributed by atoms with van der Waals surface area (Å²) in [5, 5.41) is 27.4. The van der Waals surface area contributed by atoms with Gasteiger partial charge in [0.2, 0.25) is 0 Å². The molecule has 0 bridgehead atoms. The van der Waals surface area contributed by atoms with Crippen LogP contribution in [0.15, 0.2) is 29.3 Å². The van der Waals surface area contributed by atoms with Gasteiger partial charge in [-0.25, -0.2) is 0 Å². The summed E-state index contributed by atoms with van der Waals surface area (Å²) in [7, 11) is 0. The third kappa shape index (κ3) is 3.04. The van der Waals surface area contributed by atoms with E-state index in [1.165, 1.54) is 6.21 Å². The maximum absolute atomic E-state index is 9.44. The van der Waals surface area contributed by atoms with Crippen molar-refractivity contribution >= 4 is 6.21 Å². The van der Waals surface area contributed by atoms with Gasteiger partial charge in [0, 0.05) is 11.8 Å². The molecule has 82 valence electrons. The van der Waals surface area contributed by atoms with Crippen LogP contribution in [0.3, 0.4) is 0 Å². The van der Waals surface area contributed by atoms with E-state index in [1.807, 2.05) is 0 Å². The number of aromatic hydroxyl groups is 1. The molecule has 1 rings (SSSR count). The Hall–Kier alpha value is -1.39. The first-order valence-electron chi connectivity index (χ1n) is 4.66. The predicted octanol–water partition coefficient (Wildman–Crippen LogP) is 0.554. The molecular formula is C11H15NO3. The van der Waals surface area contributed by atoms with Gasteiger partial charge in [-0.15, -0.1) is 0 Å². The van der Waals surface area contributed by atoms with Gasteiger partial charge in [-0.3, -0.25) is 4.99 Å². The van der Waals surface area contributed by atoms with Crippen LogP contribution < -0.4 is 0 Å². The van der Waals surface area contributed by atoms with Crippen molar-refractivity contribution in [2.75, 3.05) is 13.2 Å². The lowest BCUT2D eigenvalue weighted by molar-refractivity contribution is 0.136. The van der Waals surface area contributed by atoms with Crippen molar-refractivity contribution in [3.8, 4) is 5.75 Å². The van der Waals surface area contributed by atoms with E-state index in [0.29, 0.717) is 5.56 Å². The summed E-state index contributed by atoms with van der Waals surface area (Å²) >= 11 is 0. The lowest BCUT2D eigenvalue weighted by atomic mass is 10.1. The highest BCUT2D eigenvalue weighted by atomic mass is 16.3. The van der Waals surface area contributed by atoms with Crippen LogP contribution in [0.5, 0.6) is 5.75 Å². The molecule has 0 fully saturated rings. The summed E-state index contributed by atoms with van der Waals surface area (Å²) in [6.45, 7) is 1.14. The first-order chi connectivity index (χ1) is 7.11. The van der Waals surface area contributed by atoms with E-state index in [-0.39, 0.29) is 19.0 Å². The zero-order chi connectivity index (χ0) is 11.3. The minimum absolute atomic E-state index is 0.125. The minimum Gasteiger partial charge on any atom is -0.507 e. The zero-order valence-corrected chi connectivity index (χ0v) is 8.59. The smallest absolute Gasteiger partial charge is 0.124 e. The van der Waals surface area contributed by atoms with E-state index in [9.17, 15) is 5.11 Å². The summed E-state index contributed by atoms with van der Waals surface area (Å²) in [6.07, 6.45) is 1.45.